The van der Waals surface area contributed by atoms with Crippen molar-refractivity contribution in [1.82, 2.24) is 0 Å². The van der Waals surface area contributed by atoms with E-state index in [1.807, 2.05) is 30.3 Å². The second-order valence-electron chi connectivity index (χ2n) is 4.81. The van der Waals surface area contributed by atoms with Gasteiger partial charge in [0.05, 0.1) is 6.04 Å². The molecule has 2 aromatic carbocycles. The van der Waals surface area contributed by atoms with Gasteiger partial charge in [0.2, 0.25) is 0 Å². The molecule has 0 radical (unpaired) electrons. The van der Waals surface area contributed by atoms with Crippen LogP contribution in [0.4, 0.5) is 0 Å². The molecule has 20 heavy (non-hydrogen) atoms. The van der Waals surface area contributed by atoms with E-state index in [-0.39, 0.29) is 11.6 Å². The van der Waals surface area contributed by atoms with Gasteiger partial charge in [0.1, 0.15) is 5.78 Å². The van der Waals surface area contributed by atoms with Gasteiger partial charge in [0.15, 0.2) is 5.78 Å². The van der Waals surface area contributed by atoms with E-state index < -0.39 is 6.04 Å². The highest BCUT2D eigenvalue weighted by atomic mass is 16.1. The average molecular weight is 267 g/mol. The molecule has 0 aliphatic rings. The van der Waals surface area contributed by atoms with Crippen molar-refractivity contribution in [3.05, 3.63) is 71.3 Å². The van der Waals surface area contributed by atoms with E-state index in [9.17, 15) is 9.59 Å². The highest BCUT2D eigenvalue weighted by Gasteiger charge is 2.11. The van der Waals surface area contributed by atoms with Gasteiger partial charge in [-0.15, -0.1) is 0 Å². The maximum absolute atomic E-state index is 12.2. The summed E-state index contributed by atoms with van der Waals surface area (Å²) in [6.45, 7) is 1.48. The lowest BCUT2D eigenvalue weighted by atomic mass is 9.99. The molecule has 0 spiro atoms. The Morgan fingerprint density at radius 1 is 0.950 bits per heavy atom. The Balaban J connectivity index is 2.12. The molecule has 102 valence electrons. The Labute approximate surface area is 118 Å². The summed E-state index contributed by atoms with van der Waals surface area (Å²) in [6, 6.07) is 15.9. The van der Waals surface area contributed by atoms with Crippen LogP contribution in [0.25, 0.3) is 0 Å². The van der Waals surface area contributed by atoms with Crippen molar-refractivity contribution in [2.45, 2.75) is 19.4 Å². The van der Waals surface area contributed by atoms with Crippen molar-refractivity contribution in [1.29, 1.82) is 0 Å². The van der Waals surface area contributed by atoms with Gasteiger partial charge in [-0.1, -0.05) is 54.6 Å². The zero-order chi connectivity index (χ0) is 14.5. The molecule has 0 aromatic heterocycles. The molecule has 0 unspecified atom stereocenters. The maximum Gasteiger partial charge on any atom is 0.193 e. The first kappa shape index (κ1) is 14.2. The van der Waals surface area contributed by atoms with E-state index in [1.165, 1.54) is 6.92 Å². The monoisotopic (exact) mass is 267 g/mol. The topological polar surface area (TPSA) is 60.2 Å². The minimum atomic E-state index is -0.481. The Morgan fingerprint density at radius 2 is 1.50 bits per heavy atom. The molecule has 3 heteroatoms. The zero-order valence-electron chi connectivity index (χ0n) is 11.4. The highest BCUT2D eigenvalue weighted by Crippen LogP contribution is 2.12. The van der Waals surface area contributed by atoms with Crippen molar-refractivity contribution < 1.29 is 9.59 Å². The van der Waals surface area contributed by atoms with Gasteiger partial charge < -0.3 is 5.73 Å². The van der Waals surface area contributed by atoms with E-state index in [1.54, 1.807) is 24.3 Å². The minimum Gasteiger partial charge on any atom is -0.321 e. The molecule has 0 aliphatic heterocycles. The molecule has 0 amide bonds. The van der Waals surface area contributed by atoms with Crippen molar-refractivity contribution in [3.8, 4) is 0 Å². The molecule has 0 fully saturated rings. The number of rotatable bonds is 5. The molecular formula is C17H17NO2. The predicted molar refractivity (Wildman–Crippen MR) is 78.7 cm³/mol. The standard InChI is InChI=1S/C17H17NO2/c1-12(19)16(18)11-13-7-9-15(10-8-13)17(20)14-5-3-2-4-6-14/h2-10,16H,11,18H2,1H3/t16-/m0/s1. The second-order valence-corrected chi connectivity index (χ2v) is 4.81. The summed E-state index contributed by atoms with van der Waals surface area (Å²) in [5.74, 6) is -0.0394. The normalized spacial score (nSPS) is 11.9. The fourth-order valence-corrected chi connectivity index (χ4v) is 1.95. The van der Waals surface area contributed by atoms with E-state index in [2.05, 4.69) is 0 Å². The first-order valence-electron chi connectivity index (χ1n) is 6.52. The summed E-state index contributed by atoms with van der Waals surface area (Å²) < 4.78 is 0. The molecule has 0 saturated heterocycles. The van der Waals surface area contributed by atoms with Crippen molar-refractivity contribution in [2.75, 3.05) is 0 Å². The molecule has 2 N–H and O–H groups in total. The van der Waals surface area contributed by atoms with Crippen LogP contribution in [-0.4, -0.2) is 17.6 Å². The second kappa shape index (κ2) is 6.26. The lowest BCUT2D eigenvalue weighted by Crippen LogP contribution is -2.30. The fourth-order valence-electron chi connectivity index (χ4n) is 1.95. The van der Waals surface area contributed by atoms with Crippen LogP contribution in [0.15, 0.2) is 54.6 Å². The van der Waals surface area contributed by atoms with Crippen LogP contribution in [0, 0.1) is 0 Å². The van der Waals surface area contributed by atoms with Gasteiger partial charge in [0.25, 0.3) is 0 Å². The lowest BCUT2D eigenvalue weighted by Gasteiger charge is -2.08. The third-order valence-corrected chi connectivity index (χ3v) is 3.23. The summed E-state index contributed by atoms with van der Waals surface area (Å²) >= 11 is 0. The van der Waals surface area contributed by atoms with Crippen LogP contribution >= 0.6 is 0 Å². The summed E-state index contributed by atoms with van der Waals surface area (Å²) in [4.78, 5) is 23.3. The van der Waals surface area contributed by atoms with E-state index in [0.717, 1.165) is 5.56 Å². The third-order valence-electron chi connectivity index (χ3n) is 3.23. The summed E-state index contributed by atoms with van der Waals surface area (Å²) in [7, 11) is 0. The largest absolute Gasteiger partial charge is 0.321 e. The Bertz CT molecular complexity index is 603. The van der Waals surface area contributed by atoms with Gasteiger partial charge in [0, 0.05) is 11.1 Å². The predicted octanol–water partition coefficient (Wildman–Crippen LogP) is 2.38. The number of hydrogen-bond donors (Lipinski definition) is 1. The van der Waals surface area contributed by atoms with E-state index in [4.69, 9.17) is 5.73 Å². The number of hydrogen-bond acceptors (Lipinski definition) is 3. The zero-order valence-corrected chi connectivity index (χ0v) is 11.4. The molecule has 2 rings (SSSR count). The lowest BCUT2D eigenvalue weighted by molar-refractivity contribution is -0.118. The molecule has 0 aliphatic carbocycles. The number of ketones is 2. The first-order chi connectivity index (χ1) is 9.58. The van der Waals surface area contributed by atoms with Crippen molar-refractivity contribution >= 4 is 11.6 Å². The van der Waals surface area contributed by atoms with Gasteiger partial charge in [-0.2, -0.15) is 0 Å². The van der Waals surface area contributed by atoms with Crippen LogP contribution < -0.4 is 5.73 Å². The van der Waals surface area contributed by atoms with Gasteiger partial charge in [-0.05, 0) is 18.9 Å². The van der Waals surface area contributed by atoms with Crippen LogP contribution in [0.1, 0.15) is 28.4 Å². The smallest absolute Gasteiger partial charge is 0.193 e. The first-order valence-corrected chi connectivity index (χ1v) is 6.52. The maximum atomic E-state index is 12.2. The molecule has 0 saturated carbocycles. The number of benzene rings is 2. The average Bonchev–Trinajstić information content (AvgIpc) is 2.48. The SMILES string of the molecule is CC(=O)[C@@H](N)Cc1ccc(C(=O)c2ccccc2)cc1. The summed E-state index contributed by atoms with van der Waals surface area (Å²) in [5, 5.41) is 0. The summed E-state index contributed by atoms with van der Waals surface area (Å²) in [6.07, 6.45) is 0.495. The van der Waals surface area contributed by atoms with Crippen molar-refractivity contribution in [2.24, 2.45) is 5.73 Å². The van der Waals surface area contributed by atoms with Crippen molar-refractivity contribution in [3.63, 3.8) is 0 Å². The number of Topliss-reactive ketones (excluding diaryl/α,β-unsaturated/α-hetero) is 1. The summed E-state index contributed by atoms with van der Waals surface area (Å²) in [5.41, 5.74) is 7.98. The number of carbonyl (C=O) groups is 2. The highest BCUT2D eigenvalue weighted by molar-refractivity contribution is 6.08. The van der Waals surface area contributed by atoms with E-state index in [0.29, 0.717) is 17.5 Å². The quantitative estimate of drug-likeness (QED) is 0.846. The Hall–Kier alpha value is -2.26. The van der Waals surface area contributed by atoms with Gasteiger partial charge >= 0.3 is 0 Å². The molecule has 3 nitrogen and oxygen atoms in total. The Kier molecular flexibility index (Phi) is 4.43. The number of nitrogens with two attached hydrogens (primary N) is 1. The van der Waals surface area contributed by atoms with Crippen LogP contribution in [0.2, 0.25) is 0 Å². The molecular weight excluding hydrogens is 250 g/mol. The van der Waals surface area contributed by atoms with E-state index >= 15 is 0 Å². The van der Waals surface area contributed by atoms with Crippen LogP contribution in [0.3, 0.4) is 0 Å². The number of carbonyl (C=O) groups excluding carboxylic acids is 2. The molecule has 0 heterocycles. The fraction of sp³-hybridized carbons (Fsp3) is 0.176. The molecule has 2 aromatic rings. The van der Waals surface area contributed by atoms with Crippen LogP contribution in [0.5, 0.6) is 0 Å². The van der Waals surface area contributed by atoms with Gasteiger partial charge in [-0.25, -0.2) is 0 Å². The Morgan fingerprint density at radius 3 is 2.05 bits per heavy atom. The third kappa shape index (κ3) is 3.39. The molecule has 1 atom stereocenters. The molecule has 0 bridgehead atoms. The minimum absolute atomic E-state index is 0.00647. The van der Waals surface area contributed by atoms with Gasteiger partial charge in [-0.3, -0.25) is 9.59 Å². The van der Waals surface area contributed by atoms with Crippen LogP contribution in [-0.2, 0) is 11.2 Å².